The maximum Gasteiger partial charge on any atom is 0.341 e. The number of ether oxygens (including phenoxy) is 1. The standard InChI is InChI=1S/C22H16FNO4.C3H8/c23-13-3-1-12(2-4-13)16-9-17-14(15-6-8-28-21(15)16)5-7-24-11-18(22(26)27)20(25)10-19(17)24;1-3-2/h1-4,9-11H,5-8H2,(H,26,27);3H2,1-2H3. The minimum absolute atomic E-state index is 0.226. The number of aromatic nitrogens is 1. The number of aromatic carboxylic acids is 1. The lowest BCUT2D eigenvalue weighted by molar-refractivity contribution is 0.0694. The molecule has 0 saturated carbocycles. The van der Waals surface area contributed by atoms with Gasteiger partial charge in [-0.3, -0.25) is 4.79 Å². The molecule has 5 nitrogen and oxygen atoms in total. The molecule has 0 amide bonds. The number of carboxylic acid groups (broad SMARTS) is 1. The summed E-state index contributed by atoms with van der Waals surface area (Å²) in [4.78, 5) is 23.6. The molecular formula is C25H24FNO4. The molecule has 0 saturated heterocycles. The fourth-order valence-corrected chi connectivity index (χ4v) is 4.19. The average molecular weight is 421 g/mol. The van der Waals surface area contributed by atoms with Crippen molar-refractivity contribution in [1.82, 2.24) is 4.57 Å². The molecule has 31 heavy (non-hydrogen) atoms. The number of pyridine rings is 1. The van der Waals surface area contributed by atoms with Gasteiger partial charge in [-0.2, -0.15) is 0 Å². The summed E-state index contributed by atoms with van der Waals surface area (Å²) in [6.45, 7) is 5.44. The van der Waals surface area contributed by atoms with E-state index >= 15 is 0 Å². The predicted octanol–water partition coefficient (Wildman–Crippen LogP) is 4.93. The second kappa shape index (κ2) is 8.38. The molecule has 0 radical (unpaired) electrons. The number of fused-ring (bicyclic) bond motifs is 5. The van der Waals surface area contributed by atoms with Crippen molar-refractivity contribution >= 4 is 5.97 Å². The number of rotatable bonds is 2. The zero-order valence-electron chi connectivity index (χ0n) is 17.6. The Bertz CT molecular complexity index is 1210. The van der Waals surface area contributed by atoms with Gasteiger partial charge in [0, 0.05) is 41.9 Å². The van der Waals surface area contributed by atoms with Gasteiger partial charge in [0.05, 0.1) is 12.3 Å². The topological polar surface area (TPSA) is 68.5 Å². The summed E-state index contributed by atoms with van der Waals surface area (Å²) < 4.78 is 21.1. The summed E-state index contributed by atoms with van der Waals surface area (Å²) >= 11 is 0. The highest BCUT2D eigenvalue weighted by molar-refractivity contribution is 5.88. The van der Waals surface area contributed by atoms with Crippen molar-refractivity contribution in [2.24, 2.45) is 0 Å². The van der Waals surface area contributed by atoms with Crippen LogP contribution in [0.4, 0.5) is 4.39 Å². The molecule has 2 aliphatic rings. The Balaban J connectivity index is 0.000000730. The number of carboxylic acids is 1. The van der Waals surface area contributed by atoms with Crippen molar-refractivity contribution in [3.63, 3.8) is 0 Å². The van der Waals surface area contributed by atoms with Gasteiger partial charge in [0.15, 0.2) is 5.43 Å². The monoisotopic (exact) mass is 421 g/mol. The van der Waals surface area contributed by atoms with E-state index in [9.17, 15) is 19.1 Å². The number of aryl methyl sites for hydroxylation is 1. The molecule has 3 aromatic rings. The Labute approximate surface area is 179 Å². The van der Waals surface area contributed by atoms with E-state index in [-0.39, 0.29) is 11.4 Å². The molecule has 3 heterocycles. The van der Waals surface area contributed by atoms with Gasteiger partial charge in [0.1, 0.15) is 17.1 Å². The summed E-state index contributed by atoms with van der Waals surface area (Å²) in [7, 11) is 0. The highest BCUT2D eigenvalue weighted by atomic mass is 19.1. The Morgan fingerprint density at radius 1 is 1.10 bits per heavy atom. The van der Waals surface area contributed by atoms with Crippen molar-refractivity contribution in [3.8, 4) is 28.1 Å². The summed E-state index contributed by atoms with van der Waals surface area (Å²) in [6.07, 6.45) is 4.19. The van der Waals surface area contributed by atoms with Crippen LogP contribution < -0.4 is 10.2 Å². The summed E-state index contributed by atoms with van der Waals surface area (Å²) in [5.41, 5.74) is 4.83. The number of nitrogens with zero attached hydrogens (tertiary/aromatic N) is 1. The summed E-state index contributed by atoms with van der Waals surface area (Å²) in [6, 6.07) is 9.61. The second-order valence-corrected chi connectivity index (χ2v) is 7.76. The lowest BCUT2D eigenvalue weighted by atomic mass is 9.87. The van der Waals surface area contributed by atoms with E-state index in [2.05, 4.69) is 13.8 Å². The maximum atomic E-state index is 13.4. The van der Waals surface area contributed by atoms with E-state index in [1.165, 1.54) is 30.8 Å². The lowest BCUT2D eigenvalue weighted by Gasteiger charge is -2.25. The van der Waals surface area contributed by atoms with Crippen LogP contribution in [0.3, 0.4) is 0 Å². The molecule has 0 atom stereocenters. The average Bonchev–Trinajstić information content (AvgIpc) is 3.24. The van der Waals surface area contributed by atoms with E-state index in [1.54, 1.807) is 12.1 Å². The van der Waals surface area contributed by atoms with Crippen LogP contribution in [0.2, 0.25) is 0 Å². The first-order valence-electron chi connectivity index (χ1n) is 10.5. The van der Waals surface area contributed by atoms with Crippen molar-refractivity contribution in [3.05, 3.63) is 75.3 Å². The van der Waals surface area contributed by atoms with Gasteiger partial charge < -0.3 is 14.4 Å². The van der Waals surface area contributed by atoms with Crippen molar-refractivity contribution in [1.29, 1.82) is 0 Å². The fourth-order valence-electron chi connectivity index (χ4n) is 4.19. The Kier molecular flexibility index (Phi) is 5.63. The highest BCUT2D eigenvalue weighted by Crippen LogP contribution is 2.45. The van der Waals surface area contributed by atoms with Crippen LogP contribution in [0, 0.1) is 5.82 Å². The summed E-state index contributed by atoms with van der Waals surface area (Å²) in [5, 5.41) is 9.24. The maximum absolute atomic E-state index is 13.4. The Morgan fingerprint density at radius 2 is 1.81 bits per heavy atom. The molecule has 1 aromatic heterocycles. The van der Waals surface area contributed by atoms with E-state index in [0.29, 0.717) is 18.8 Å². The SMILES string of the molecule is CCC.O=C(O)c1cn2c(cc1=O)-c1cc(-c3ccc(F)cc3)c3c(c1CC2)CCO3. The van der Waals surface area contributed by atoms with E-state index in [0.717, 1.165) is 46.4 Å². The van der Waals surface area contributed by atoms with E-state index < -0.39 is 11.4 Å². The molecule has 0 bridgehead atoms. The number of hydrogen-bond donors (Lipinski definition) is 1. The van der Waals surface area contributed by atoms with Gasteiger partial charge in [0.25, 0.3) is 0 Å². The Hall–Kier alpha value is -3.41. The number of benzene rings is 2. The molecular weight excluding hydrogens is 397 g/mol. The van der Waals surface area contributed by atoms with Crippen LogP contribution in [0.15, 0.2) is 47.4 Å². The van der Waals surface area contributed by atoms with Crippen LogP contribution in [0.1, 0.15) is 41.8 Å². The van der Waals surface area contributed by atoms with Gasteiger partial charge >= 0.3 is 5.97 Å². The van der Waals surface area contributed by atoms with Gasteiger partial charge in [-0.05, 0) is 35.7 Å². The minimum Gasteiger partial charge on any atom is -0.492 e. The molecule has 2 aliphatic heterocycles. The number of hydrogen-bond acceptors (Lipinski definition) is 3. The lowest BCUT2D eigenvalue weighted by Crippen LogP contribution is -2.22. The third kappa shape index (κ3) is 3.74. The quantitative estimate of drug-likeness (QED) is 0.637. The van der Waals surface area contributed by atoms with Crippen LogP contribution in [0.25, 0.3) is 22.4 Å². The number of carbonyl (C=O) groups is 1. The van der Waals surface area contributed by atoms with Gasteiger partial charge in [0.2, 0.25) is 0 Å². The highest BCUT2D eigenvalue weighted by Gasteiger charge is 2.28. The zero-order chi connectivity index (χ0) is 22.1. The zero-order valence-corrected chi connectivity index (χ0v) is 17.6. The molecule has 6 heteroatoms. The van der Waals surface area contributed by atoms with Crippen LogP contribution in [-0.2, 0) is 19.4 Å². The van der Waals surface area contributed by atoms with Crippen molar-refractivity contribution in [2.45, 2.75) is 39.7 Å². The molecule has 0 spiro atoms. The van der Waals surface area contributed by atoms with Crippen molar-refractivity contribution < 1.29 is 19.0 Å². The van der Waals surface area contributed by atoms with E-state index in [4.69, 9.17) is 4.74 Å². The smallest absolute Gasteiger partial charge is 0.341 e. The summed E-state index contributed by atoms with van der Waals surface area (Å²) in [5.74, 6) is -0.707. The molecule has 0 unspecified atom stereocenters. The third-order valence-electron chi connectivity index (χ3n) is 5.49. The van der Waals surface area contributed by atoms with Crippen molar-refractivity contribution in [2.75, 3.05) is 6.61 Å². The fraction of sp³-hybridized carbons (Fsp3) is 0.280. The third-order valence-corrected chi connectivity index (χ3v) is 5.49. The first-order chi connectivity index (χ1) is 14.9. The van der Waals surface area contributed by atoms with E-state index in [1.807, 2.05) is 10.6 Å². The largest absolute Gasteiger partial charge is 0.492 e. The predicted molar refractivity (Wildman–Crippen MR) is 117 cm³/mol. The minimum atomic E-state index is -1.22. The first-order valence-corrected chi connectivity index (χ1v) is 10.5. The molecule has 160 valence electrons. The normalized spacial score (nSPS) is 13.3. The molecule has 0 aliphatic carbocycles. The Morgan fingerprint density at radius 3 is 2.48 bits per heavy atom. The van der Waals surface area contributed by atoms with Crippen LogP contribution in [-0.4, -0.2) is 22.2 Å². The molecule has 2 aromatic carbocycles. The number of halogens is 1. The van der Waals surface area contributed by atoms with Gasteiger partial charge in [-0.1, -0.05) is 32.4 Å². The van der Waals surface area contributed by atoms with Crippen LogP contribution >= 0.6 is 0 Å². The molecule has 0 fully saturated rings. The van der Waals surface area contributed by atoms with Gasteiger partial charge in [-0.25, -0.2) is 9.18 Å². The first kappa shape index (κ1) is 20.8. The molecule has 5 rings (SSSR count). The molecule has 1 N–H and O–H groups in total. The van der Waals surface area contributed by atoms with Gasteiger partial charge in [-0.15, -0.1) is 0 Å². The van der Waals surface area contributed by atoms with Crippen LogP contribution in [0.5, 0.6) is 5.75 Å². The second-order valence-electron chi connectivity index (χ2n) is 7.76.